The molecule has 0 saturated carbocycles. The van der Waals surface area contributed by atoms with Crippen LogP contribution in [-0.2, 0) is 10.2 Å². The maximum absolute atomic E-state index is 12.0. The summed E-state index contributed by atoms with van der Waals surface area (Å²) < 4.78 is 0. The first-order chi connectivity index (χ1) is 10.4. The molecule has 0 bridgehead atoms. The van der Waals surface area contributed by atoms with E-state index in [1.54, 1.807) is 6.20 Å². The topological polar surface area (TPSA) is 41.1 Å². The minimum Gasteiger partial charge on any atom is -0.361 e. The molecule has 2 aromatic carbocycles. The van der Waals surface area contributed by atoms with Gasteiger partial charge in [-0.25, -0.2) is 0 Å². The number of hydrogen-bond acceptors (Lipinski definition) is 2. The average molecular weight is 292 g/mol. The van der Waals surface area contributed by atoms with Gasteiger partial charge in [-0.05, 0) is 29.2 Å². The van der Waals surface area contributed by atoms with Crippen molar-refractivity contribution in [3.8, 4) is 0 Å². The fourth-order valence-electron chi connectivity index (χ4n) is 2.50. The Morgan fingerprint density at radius 1 is 1.00 bits per heavy atom. The monoisotopic (exact) mass is 292 g/mol. The number of rotatable bonds is 2. The Kier molecular flexibility index (Phi) is 3.49. The largest absolute Gasteiger partial charge is 0.361 e. The van der Waals surface area contributed by atoms with Gasteiger partial charge in [-0.15, -0.1) is 0 Å². The van der Waals surface area contributed by atoms with Crippen LogP contribution in [0.15, 0.2) is 54.7 Å². The summed E-state index contributed by atoms with van der Waals surface area (Å²) in [5.74, 6) is -0.0694. The molecule has 3 nitrogen and oxygen atoms in total. The van der Waals surface area contributed by atoms with Crippen LogP contribution in [0.25, 0.3) is 5.57 Å². The van der Waals surface area contributed by atoms with Gasteiger partial charge < -0.3 is 10.6 Å². The van der Waals surface area contributed by atoms with Gasteiger partial charge in [-0.2, -0.15) is 0 Å². The molecule has 0 atom stereocenters. The number of fused-ring (bicyclic) bond motifs is 1. The van der Waals surface area contributed by atoms with Crippen LogP contribution in [0.4, 0.5) is 11.4 Å². The highest BCUT2D eigenvalue weighted by Gasteiger charge is 2.23. The second-order valence-electron chi connectivity index (χ2n) is 6.53. The van der Waals surface area contributed by atoms with Crippen molar-refractivity contribution in [2.75, 3.05) is 10.6 Å². The zero-order valence-electron chi connectivity index (χ0n) is 13.1. The van der Waals surface area contributed by atoms with Crippen molar-refractivity contribution < 1.29 is 4.79 Å². The number of amides is 1. The molecule has 1 aliphatic heterocycles. The third-order valence-corrected chi connectivity index (χ3v) is 3.84. The van der Waals surface area contributed by atoms with E-state index in [9.17, 15) is 4.79 Å². The molecule has 22 heavy (non-hydrogen) atoms. The van der Waals surface area contributed by atoms with Crippen molar-refractivity contribution in [3.05, 3.63) is 65.9 Å². The fourth-order valence-corrected chi connectivity index (χ4v) is 2.50. The van der Waals surface area contributed by atoms with Gasteiger partial charge in [-0.3, -0.25) is 4.79 Å². The predicted molar refractivity (Wildman–Crippen MR) is 91.8 cm³/mol. The molecular weight excluding hydrogens is 272 g/mol. The van der Waals surface area contributed by atoms with Crippen LogP contribution in [0.2, 0.25) is 0 Å². The predicted octanol–water partition coefficient (Wildman–Crippen LogP) is 4.39. The first kappa shape index (κ1) is 14.4. The lowest BCUT2D eigenvalue weighted by atomic mass is 9.87. The Balaban J connectivity index is 1.81. The van der Waals surface area contributed by atoms with Crippen LogP contribution < -0.4 is 10.6 Å². The second-order valence-corrected chi connectivity index (χ2v) is 6.53. The van der Waals surface area contributed by atoms with Crippen molar-refractivity contribution in [3.63, 3.8) is 0 Å². The number of anilines is 2. The maximum Gasteiger partial charge on any atom is 0.257 e. The van der Waals surface area contributed by atoms with Crippen LogP contribution in [0, 0.1) is 0 Å². The highest BCUT2D eigenvalue weighted by molar-refractivity contribution is 6.31. The number of nitrogens with one attached hydrogen (secondary N) is 2. The molecule has 3 rings (SSSR count). The van der Waals surface area contributed by atoms with E-state index >= 15 is 0 Å². The van der Waals surface area contributed by atoms with Crippen LogP contribution in [0.5, 0.6) is 0 Å². The smallest absolute Gasteiger partial charge is 0.257 e. The van der Waals surface area contributed by atoms with Crippen LogP contribution in [0.1, 0.15) is 31.9 Å². The van der Waals surface area contributed by atoms with Crippen LogP contribution >= 0.6 is 0 Å². The molecule has 2 aromatic rings. The molecule has 1 amide bonds. The van der Waals surface area contributed by atoms with E-state index in [-0.39, 0.29) is 11.3 Å². The molecule has 112 valence electrons. The molecule has 0 aromatic heterocycles. The Morgan fingerprint density at radius 3 is 2.36 bits per heavy atom. The highest BCUT2D eigenvalue weighted by atomic mass is 16.2. The van der Waals surface area contributed by atoms with E-state index in [1.165, 1.54) is 5.56 Å². The average Bonchev–Trinajstić information content (AvgIpc) is 2.80. The summed E-state index contributed by atoms with van der Waals surface area (Å²) in [6.45, 7) is 6.58. The van der Waals surface area contributed by atoms with Crippen molar-refractivity contribution in [1.29, 1.82) is 0 Å². The molecular formula is C19H20N2O. The van der Waals surface area contributed by atoms with Gasteiger partial charge in [0.15, 0.2) is 0 Å². The molecule has 0 radical (unpaired) electrons. The lowest BCUT2D eigenvalue weighted by Gasteiger charge is -2.19. The number of carbonyl (C=O) groups excluding carboxylic acids is 1. The third-order valence-electron chi connectivity index (χ3n) is 3.84. The molecule has 0 fully saturated rings. The lowest BCUT2D eigenvalue weighted by molar-refractivity contribution is -0.110. The normalized spacial score (nSPS) is 15.6. The minimum atomic E-state index is -0.0694. The zero-order chi connectivity index (χ0) is 15.7. The summed E-state index contributed by atoms with van der Waals surface area (Å²) in [6, 6.07) is 16.0. The van der Waals surface area contributed by atoms with Gasteiger partial charge in [0.05, 0.1) is 5.57 Å². The highest BCUT2D eigenvalue weighted by Crippen LogP contribution is 2.31. The quantitative estimate of drug-likeness (QED) is 0.806. The van der Waals surface area contributed by atoms with Gasteiger partial charge >= 0.3 is 0 Å². The standard InChI is InChI=1S/C19H20N2O/c1-19(2,3)13-8-10-14(11-9-13)20-12-16-15-6-4-5-7-17(15)21-18(16)22/h4-12,20H,1-3H3,(H,21,22). The van der Waals surface area contributed by atoms with Crippen molar-refractivity contribution in [2.24, 2.45) is 0 Å². The summed E-state index contributed by atoms with van der Waals surface area (Å²) in [5, 5.41) is 6.08. The molecule has 0 unspecified atom stereocenters. The maximum atomic E-state index is 12.0. The van der Waals surface area contributed by atoms with Gasteiger partial charge in [0, 0.05) is 23.1 Å². The summed E-state index contributed by atoms with van der Waals surface area (Å²) in [6.07, 6.45) is 1.77. The zero-order valence-corrected chi connectivity index (χ0v) is 13.1. The first-order valence-corrected chi connectivity index (χ1v) is 7.43. The Labute approximate surface area is 131 Å². The van der Waals surface area contributed by atoms with Gasteiger partial charge in [-0.1, -0.05) is 51.1 Å². The summed E-state index contributed by atoms with van der Waals surface area (Å²) in [5.41, 5.74) is 4.86. The third kappa shape index (κ3) is 2.75. The second kappa shape index (κ2) is 5.34. The Hall–Kier alpha value is -2.55. The molecule has 0 spiro atoms. The first-order valence-electron chi connectivity index (χ1n) is 7.43. The molecule has 0 saturated heterocycles. The minimum absolute atomic E-state index is 0.0694. The van der Waals surface area contributed by atoms with E-state index in [0.29, 0.717) is 5.57 Å². The number of benzene rings is 2. The number of carbonyl (C=O) groups is 1. The van der Waals surface area contributed by atoms with Crippen molar-refractivity contribution in [2.45, 2.75) is 26.2 Å². The molecule has 1 heterocycles. The van der Waals surface area contributed by atoms with Gasteiger partial charge in [0.25, 0.3) is 5.91 Å². The fraction of sp³-hybridized carbons (Fsp3) is 0.211. The van der Waals surface area contributed by atoms with Crippen LogP contribution in [-0.4, -0.2) is 5.91 Å². The summed E-state index contributed by atoms with van der Waals surface area (Å²) in [7, 11) is 0. The Morgan fingerprint density at radius 2 is 1.68 bits per heavy atom. The van der Waals surface area contributed by atoms with E-state index < -0.39 is 0 Å². The SMILES string of the molecule is CC(C)(C)c1ccc(NC=C2C(=O)Nc3ccccc32)cc1. The molecule has 0 aliphatic carbocycles. The number of hydrogen-bond donors (Lipinski definition) is 2. The molecule has 1 aliphatic rings. The van der Waals surface area contributed by atoms with E-state index in [2.05, 4.69) is 43.5 Å². The summed E-state index contributed by atoms with van der Waals surface area (Å²) >= 11 is 0. The molecule has 3 heteroatoms. The van der Waals surface area contributed by atoms with Gasteiger partial charge in [0.1, 0.15) is 0 Å². The lowest BCUT2D eigenvalue weighted by Crippen LogP contribution is -2.10. The van der Waals surface area contributed by atoms with Crippen molar-refractivity contribution in [1.82, 2.24) is 0 Å². The summed E-state index contributed by atoms with van der Waals surface area (Å²) in [4.78, 5) is 12.0. The van der Waals surface area contributed by atoms with E-state index in [0.717, 1.165) is 16.9 Å². The molecule has 2 N–H and O–H groups in total. The van der Waals surface area contributed by atoms with Crippen LogP contribution in [0.3, 0.4) is 0 Å². The number of para-hydroxylation sites is 1. The van der Waals surface area contributed by atoms with Crippen molar-refractivity contribution >= 4 is 22.9 Å². The van der Waals surface area contributed by atoms with E-state index in [1.807, 2.05) is 36.4 Å². The van der Waals surface area contributed by atoms with Gasteiger partial charge in [0.2, 0.25) is 0 Å². The Bertz CT molecular complexity index is 737. The van der Waals surface area contributed by atoms with E-state index in [4.69, 9.17) is 0 Å².